The van der Waals surface area contributed by atoms with Crippen LogP contribution in [0.4, 0.5) is 5.69 Å². The van der Waals surface area contributed by atoms with Crippen molar-refractivity contribution in [3.05, 3.63) is 24.8 Å². The third-order valence-corrected chi connectivity index (χ3v) is 4.56. The fourth-order valence-electron chi connectivity index (χ4n) is 2.11. The first-order chi connectivity index (χ1) is 10.0. The zero-order chi connectivity index (χ0) is 15.0. The van der Waals surface area contributed by atoms with Crippen LogP contribution in [-0.2, 0) is 10.2 Å². The van der Waals surface area contributed by atoms with Gasteiger partial charge in [-0.05, 0) is 11.2 Å². The van der Waals surface area contributed by atoms with Crippen LogP contribution in [0.1, 0.15) is 0 Å². The number of phenolic OH excluding ortho intramolecular Hbond substituents is 1. The molecular formula is C12H13N3O5S. The fourth-order valence-corrected chi connectivity index (χ4v) is 3.35. The van der Waals surface area contributed by atoms with Gasteiger partial charge in [0.05, 0.1) is 11.1 Å². The predicted octanol–water partition coefficient (Wildman–Crippen LogP) is 0.753. The van der Waals surface area contributed by atoms with E-state index in [1.807, 2.05) is 0 Å². The van der Waals surface area contributed by atoms with Crippen molar-refractivity contribution in [2.75, 3.05) is 24.0 Å². The summed E-state index contributed by atoms with van der Waals surface area (Å²) < 4.78 is 37.6. The van der Waals surface area contributed by atoms with E-state index in [0.29, 0.717) is 11.0 Å². The Kier molecular flexibility index (Phi) is 3.22. The van der Waals surface area contributed by atoms with E-state index >= 15 is 0 Å². The first-order valence-corrected chi connectivity index (χ1v) is 7.60. The van der Waals surface area contributed by atoms with Crippen LogP contribution in [0.3, 0.4) is 0 Å². The van der Waals surface area contributed by atoms with Crippen LogP contribution in [0.25, 0.3) is 11.0 Å². The minimum atomic E-state index is -3.63. The molecule has 0 aliphatic carbocycles. The Balaban J connectivity index is 2.10. The summed E-state index contributed by atoms with van der Waals surface area (Å²) in [5.41, 5.74) is 0.457. The molecule has 0 saturated carbocycles. The molecule has 3 rings (SSSR count). The Morgan fingerprint density at radius 2 is 2.38 bits per heavy atom. The van der Waals surface area contributed by atoms with Crippen LogP contribution in [0, 0.1) is 0 Å². The van der Waals surface area contributed by atoms with Crippen molar-refractivity contribution in [3.8, 4) is 11.6 Å². The van der Waals surface area contributed by atoms with Crippen molar-refractivity contribution < 1.29 is 22.8 Å². The average Bonchev–Trinajstić information content (AvgIpc) is 2.98. The van der Waals surface area contributed by atoms with Crippen molar-refractivity contribution in [1.29, 1.82) is 0 Å². The third-order valence-electron chi connectivity index (χ3n) is 3.03. The molecule has 2 heterocycles. The van der Waals surface area contributed by atoms with Crippen LogP contribution >= 0.6 is 0 Å². The molecule has 2 N–H and O–H groups in total. The van der Waals surface area contributed by atoms with E-state index in [2.05, 4.69) is 16.5 Å². The van der Waals surface area contributed by atoms with Crippen LogP contribution in [-0.4, -0.2) is 38.4 Å². The molecule has 0 amide bonds. The molecule has 9 heteroatoms. The topological polar surface area (TPSA) is 105 Å². The third kappa shape index (κ3) is 2.30. The molecule has 0 atom stereocenters. The quantitative estimate of drug-likeness (QED) is 0.807. The molecule has 2 aromatic rings. The van der Waals surface area contributed by atoms with Gasteiger partial charge in [-0.15, -0.1) is 0 Å². The highest BCUT2D eigenvalue weighted by Gasteiger charge is 2.30. The summed E-state index contributed by atoms with van der Waals surface area (Å²) in [5.74, 6) is 0.0110. The van der Waals surface area contributed by atoms with Gasteiger partial charge in [-0.3, -0.25) is 4.31 Å². The fraction of sp³-hybridized carbons (Fsp3) is 0.250. The maximum absolute atomic E-state index is 11.9. The smallest absolute Gasteiger partial charge is 0.301 e. The summed E-state index contributed by atoms with van der Waals surface area (Å²) in [4.78, 5) is 0. The number of nitrogens with zero attached hydrogens (tertiary/aromatic N) is 2. The Hall–Kier alpha value is -2.26. The highest BCUT2D eigenvalue weighted by molar-refractivity contribution is 7.91. The molecule has 1 fully saturated rings. The number of rotatable bonds is 4. The highest BCUT2D eigenvalue weighted by Crippen LogP contribution is 2.37. The second kappa shape index (κ2) is 4.93. The predicted molar refractivity (Wildman–Crippen MR) is 75.6 cm³/mol. The number of benzene rings is 1. The number of aromatic nitrogens is 1. The molecule has 0 radical (unpaired) electrons. The first-order valence-electron chi connectivity index (χ1n) is 6.16. The van der Waals surface area contributed by atoms with Gasteiger partial charge in [0.2, 0.25) is 0 Å². The number of nitrogens with one attached hydrogen (secondary N) is 1. The SMILES string of the molecule is C=CCOc1noc2cc(O)c(N3CCNS3(=O)=O)cc12. The van der Waals surface area contributed by atoms with Crippen LogP contribution < -0.4 is 13.8 Å². The Bertz CT molecular complexity index is 799. The Morgan fingerprint density at radius 1 is 1.57 bits per heavy atom. The number of phenols is 1. The standard InChI is InChI=1S/C12H13N3O5S/c1-2-5-19-12-8-6-9(10(16)7-11(8)20-14-12)15-4-3-13-21(15,17)18/h2,6-7,13,16H,1,3-5H2. The van der Waals surface area contributed by atoms with Crippen molar-refractivity contribution in [1.82, 2.24) is 9.88 Å². The van der Waals surface area contributed by atoms with E-state index in [4.69, 9.17) is 9.26 Å². The molecule has 1 saturated heterocycles. The summed E-state index contributed by atoms with van der Waals surface area (Å²) in [5, 5.41) is 14.2. The van der Waals surface area contributed by atoms with E-state index in [-0.39, 0.29) is 37.0 Å². The maximum Gasteiger partial charge on any atom is 0.301 e. The lowest BCUT2D eigenvalue weighted by molar-refractivity contribution is 0.317. The van der Waals surface area contributed by atoms with E-state index < -0.39 is 10.2 Å². The Labute approximate surface area is 120 Å². The number of aromatic hydroxyl groups is 1. The highest BCUT2D eigenvalue weighted by atomic mass is 32.2. The first kappa shape index (κ1) is 13.7. The summed E-state index contributed by atoms with van der Waals surface area (Å²) >= 11 is 0. The van der Waals surface area contributed by atoms with Gasteiger partial charge in [0, 0.05) is 19.2 Å². The van der Waals surface area contributed by atoms with Crippen LogP contribution in [0.15, 0.2) is 29.3 Å². The minimum Gasteiger partial charge on any atom is -0.506 e. The zero-order valence-corrected chi connectivity index (χ0v) is 11.8. The summed E-state index contributed by atoms with van der Waals surface area (Å²) in [6, 6.07) is 2.79. The molecule has 0 spiro atoms. The molecule has 1 aromatic carbocycles. The average molecular weight is 311 g/mol. The molecule has 1 aromatic heterocycles. The van der Waals surface area contributed by atoms with Crippen LogP contribution in [0.2, 0.25) is 0 Å². The molecule has 8 nitrogen and oxygen atoms in total. The lowest BCUT2D eigenvalue weighted by atomic mass is 10.2. The lowest BCUT2D eigenvalue weighted by Gasteiger charge is -2.16. The summed E-state index contributed by atoms with van der Waals surface area (Å²) in [6.45, 7) is 4.28. The monoisotopic (exact) mass is 311 g/mol. The van der Waals surface area contributed by atoms with Crippen molar-refractivity contribution in [3.63, 3.8) is 0 Å². The van der Waals surface area contributed by atoms with E-state index in [1.165, 1.54) is 12.1 Å². The van der Waals surface area contributed by atoms with E-state index in [1.54, 1.807) is 6.08 Å². The van der Waals surface area contributed by atoms with E-state index in [9.17, 15) is 13.5 Å². The van der Waals surface area contributed by atoms with Gasteiger partial charge in [0.1, 0.15) is 12.4 Å². The van der Waals surface area contributed by atoms with Crippen molar-refractivity contribution >= 4 is 26.9 Å². The van der Waals surface area contributed by atoms with Crippen molar-refractivity contribution in [2.45, 2.75) is 0 Å². The van der Waals surface area contributed by atoms with Crippen molar-refractivity contribution in [2.24, 2.45) is 0 Å². The second-order valence-electron chi connectivity index (χ2n) is 4.40. The molecule has 0 unspecified atom stereocenters. The maximum atomic E-state index is 11.9. The molecular weight excluding hydrogens is 298 g/mol. The Morgan fingerprint density at radius 3 is 3.05 bits per heavy atom. The van der Waals surface area contributed by atoms with Gasteiger partial charge in [-0.1, -0.05) is 12.7 Å². The van der Waals surface area contributed by atoms with Gasteiger partial charge < -0.3 is 14.4 Å². The van der Waals surface area contributed by atoms with E-state index in [0.717, 1.165) is 4.31 Å². The summed E-state index contributed by atoms with van der Waals surface area (Å²) in [7, 11) is -3.63. The minimum absolute atomic E-state index is 0.152. The molecule has 112 valence electrons. The number of fused-ring (bicyclic) bond motifs is 1. The lowest BCUT2D eigenvalue weighted by Crippen LogP contribution is -2.29. The van der Waals surface area contributed by atoms with Gasteiger partial charge >= 0.3 is 10.2 Å². The molecule has 1 aliphatic heterocycles. The van der Waals surface area contributed by atoms with Gasteiger partial charge in [0.15, 0.2) is 5.58 Å². The van der Waals surface area contributed by atoms with Gasteiger partial charge in [-0.2, -0.15) is 13.1 Å². The second-order valence-corrected chi connectivity index (χ2v) is 6.08. The van der Waals surface area contributed by atoms with Crippen LogP contribution in [0.5, 0.6) is 11.6 Å². The molecule has 1 aliphatic rings. The molecule has 21 heavy (non-hydrogen) atoms. The van der Waals surface area contributed by atoms with Gasteiger partial charge in [0.25, 0.3) is 5.88 Å². The zero-order valence-electron chi connectivity index (χ0n) is 10.9. The largest absolute Gasteiger partial charge is 0.506 e. The normalized spacial score (nSPS) is 17.2. The number of hydrogen-bond donors (Lipinski definition) is 2. The number of hydrogen-bond acceptors (Lipinski definition) is 6. The molecule has 0 bridgehead atoms. The summed E-state index contributed by atoms with van der Waals surface area (Å²) in [6.07, 6.45) is 1.55. The van der Waals surface area contributed by atoms with Gasteiger partial charge in [-0.25, -0.2) is 0 Å². The number of anilines is 1. The number of ether oxygens (including phenoxy) is 1.